The van der Waals surface area contributed by atoms with Crippen molar-refractivity contribution in [2.75, 3.05) is 30.4 Å². The minimum Gasteiger partial charge on any atom is -0.381 e. The summed E-state index contributed by atoms with van der Waals surface area (Å²) in [6.45, 7) is 2.51. The summed E-state index contributed by atoms with van der Waals surface area (Å²) in [6, 6.07) is 2.68. The molecule has 0 bridgehead atoms. The van der Waals surface area contributed by atoms with Gasteiger partial charge in [-0.25, -0.2) is 9.97 Å². The average molecular weight is 417 g/mol. The SMILES string of the molecule is N[C@H]1CC[C@H](Nc2cc(-c3cncc(NCC4CCCOC4)n3)c(Cl)cn2)CC1. The van der Waals surface area contributed by atoms with Gasteiger partial charge in [0, 0.05) is 37.0 Å². The van der Waals surface area contributed by atoms with E-state index < -0.39 is 0 Å². The van der Waals surface area contributed by atoms with E-state index in [9.17, 15) is 0 Å². The van der Waals surface area contributed by atoms with Gasteiger partial charge < -0.3 is 21.1 Å². The van der Waals surface area contributed by atoms with Crippen LogP contribution in [0, 0.1) is 5.92 Å². The summed E-state index contributed by atoms with van der Waals surface area (Å²) in [5.74, 6) is 2.07. The van der Waals surface area contributed by atoms with E-state index in [0.717, 1.165) is 74.8 Å². The largest absolute Gasteiger partial charge is 0.381 e. The van der Waals surface area contributed by atoms with Crippen molar-refractivity contribution in [3.8, 4) is 11.3 Å². The molecule has 29 heavy (non-hydrogen) atoms. The number of nitrogens with two attached hydrogens (primary N) is 1. The highest BCUT2D eigenvalue weighted by molar-refractivity contribution is 6.33. The first-order valence-electron chi connectivity index (χ1n) is 10.5. The lowest BCUT2D eigenvalue weighted by Gasteiger charge is -2.27. The zero-order valence-electron chi connectivity index (χ0n) is 16.6. The number of halogens is 1. The number of nitrogens with zero attached hydrogens (tertiary/aromatic N) is 3. The maximum atomic E-state index is 6.43. The summed E-state index contributed by atoms with van der Waals surface area (Å²) in [6.07, 6.45) is 11.7. The number of aromatic nitrogens is 3. The minimum absolute atomic E-state index is 0.326. The Morgan fingerprint density at radius 1 is 1.10 bits per heavy atom. The van der Waals surface area contributed by atoms with Gasteiger partial charge in [0.25, 0.3) is 0 Å². The second-order valence-electron chi connectivity index (χ2n) is 8.06. The molecule has 8 heteroatoms. The maximum Gasteiger partial charge on any atom is 0.145 e. The molecule has 4 rings (SSSR count). The summed E-state index contributed by atoms with van der Waals surface area (Å²) in [5.41, 5.74) is 7.57. The Balaban J connectivity index is 1.44. The van der Waals surface area contributed by atoms with Crippen molar-refractivity contribution in [1.82, 2.24) is 15.0 Å². The molecule has 0 radical (unpaired) electrons. The standard InChI is InChI=1S/C21H29ClN6O/c22-18-10-26-20(27-16-5-3-15(23)4-6-16)8-17(18)19-11-24-12-21(28-19)25-9-14-2-1-7-29-13-14/h8,10-12,14-16H,1-7,9,13,23H2,(H,25,28)(H,26,27)/t14?,15-,16-. The van der Waals surface area contributed by atoms with E-state index in [2.05, 4.69) is 20.6 Å². The molecular formula is C21H29ClN6O. The van der Waals surface area contributed by atoms with E-state index in [4.69, 9.17) is 27.1 Å². The fourth-order valence-corrected chi connectivity index (χ4v) is 4.18. The van der Waals surface area contributed by atoms with Crippen molar-refractivity contribution in [2.24, 2.45) is 11.7 Å². The highest BCUT2D eigenvalue weighted by Gasteiger charge is 2.19. The van der Waals surface area contributed by atoms with Gasteiger partial charge in [0.15, 0.2) is 0 Å². The van der Waals surface area contributed by atoms with E-state index >= 15 is 0 Å². The third-order valence-corrected chi connectivity index (χ3v) is 6.02. The number of pyridine rings is 1. The zero-order chi connectivity index (χ0) is 20.1. The molecule has 4 N–H and O–H groups in total. The molecule has 2 fully saturated rings. The van der Waals surface area contributed by atoms with Gasteiger partial charge in [-0.15, -0.1) is 0 Å². The number of rotatable bonds is 6. The Morgan fingerprint density at radius 3 is 2.76 bits per heavy atom. The van der Waals surface area contributed by atoms with Crippen LogP contribution in [0.1, 0.15) is 38.5 Å². The first-order valence-corrected chi connectivity index (χ1v) is 10.9. The summed E-state index contributed by atoms with van der Waals surface area (Å²) >= 11 is 6.43. The van der Waals surface area contributed by atoms with Crippen LogP contribution in [0.25, 0.3) is 11.3 Å². The first kappa shape index (κ1) is 20.3. The molecule has 1 saturated heterocycles. The van der Waals surface area contributed by atoms with E-state index in [-0.39, 0.29) is 0 Å². The third kappa shape index (κ3) is 5.56. The number of ether oxygens (including phenoxy) is 1. The second kappa shape index (κ2) is 9.69. The predicted octanol–water partition coefficient (Wildman–Crippen LogP) is 3.71. The molecule has 1 aliphatic heterocycles. The monoisotopic (exact) mass is 416 g/mol. The van der Waals surface area contributed by atoms with Gasteiger partial charge in [0.1, 0.15) is 11.6 Å². The van der Waals surface area contributed by atoms with Crippen LogP contribution in [0.15, 0.2) is 24.7 Å². The fourth-order valence-electron chi connectivity index (χ4n) is 3.98. The van der Waals surface area contributed by atoms with E-state index in [1.807, 2.05) is 6.07 Å². The smallest absolute Gasteiger partial charge is 0.145 e. The van der Waals surface area contributed by atoms with Crippen molar-refractivity contribution in [3.63, 3.8) is 0 Å². The fraction of sp³-hybridized carbons (Fsp3) is 0.571. The van der Waals surface area contributed by atoms with Gasteiger partial charge in [0.2, 0.25) is 0 Å². The van der Waals surface area contributed by atoms with Gasteiger partial charge >= 0.3 is 0 Å². The number of anilines is 2. The van der Waals surface area contributed by atoms with Gasteiger partial charge in [-0.05, 0) is 50.5 Å². The van der Waals surface area contributed by atoms with Gasteiger partial charge in [-0.1, -0.05) is 11.6 Å². The average Bonchev–Trinajstić information content (AvgIpc) is 2.76. The van der Waals surface area contributed by atoms with Crippen LogP contribution in [-0.4, -0.2) is 46.8 Å². The van der Waals surface area contributed by atoms with Crippen LogP contribution in [0.4, 0.5) is 11.6 Å². The highest BCUT2D eigenvalue weighted by Crippen LogP contribution is 2.29. The van der Waals surface area contributed by atoms with Crippen molar-refractivity contribution in [2.45, 2.75) is 50.6 Å². The zero-order valence-corrected chi connectivity index (χ0v) is 17.4. The molecule has 2 aromatic heterocycles. The Labute approximate surface area is 176 Å². The first-order chi connectivity index (χ1) is 14.2. The van der Waals surface area contributed by atoms with Crippen LogP contribution in [0.3, 0.4) is 0 Å². The van der Waals surface area contributed by atoms with Gasteiger partial charge in [0.05, 0.1) is 29.7 Å². The normalized spacial score (nSPS) is 24.8. The molecule has 0 spiro atoms. The minimum atomic E-state index is 0.326. The van der Waals surface area contributed by atoms with Crippen molar-refractivity contribution >= 4 is 23.2 Å². The van der Waals surface area contributed by atoms with Gasteiger partial charge in [-0.3, -0.25) is 4.98 Å². The Morgan fingerprint density at radius 2 is 1.97 bits per heavy atom. The molecule has 1 saturated carbocycles. The highest BCUT2D eigenvalue weighted by atomic mass is 35.5. The molecule has 2 aromatic rings. The van der Waals surface area contributed by atoms with Gasteiger partial charge in [-0.2, -0.15) is 0 Å². The quantitative estimate of drug-likeness (QED) is 0.660. The molecule has 0 amide bonds. The molecule has 0 aromatic carbocycles. The lowest BCUT2D eigenvalue weighted by atomic mass is 9.92. The van der Waals surface area contributed by atoms with Crippen LogP contribution in [0.2, 0.25) is 5.02 Å². The summed E-state index contributed by atoms with van der Waals surface area (Å²) in [4.78, 5) is 13.5. The third-order valence-electron chi connectivity index (χ3n) is 5.72. The van der Waals surface area contributed by atoms with Crippen molar-refractivity contribution in [1.29, 1.82) is 0 Å². The molecule has 7 nitrogen and oxygen atoms in total. The molecule has 3 heterocycles. The summed E-state index contributed by atoms with van der Waals surface area (Å²) < 4.78 is 5.55. The Kier molecular flexibility index (Phi) is 6.79. The van der Waals surface area contributed by atoms with Crippen LogP contribution >= 0.6 is 11.6 Å². The van der Waals surface area contributed by atoms with Crippen molar-refractivity contribution < 1.29 is 4.74 Å². The topological polar surface area (TPSA) is 98.0 Å². The molecule has 1 atom stereocenters. The number of hydrogen-bond donors (Lipinski definition) is 3. The Hall–Kier alpha value is -1.96. The number of hydrogen-bond acceptors (Lipinski definition) is 7. The molecule has 1 unspecified atom stereocenters. The lowest BCUT2D eigenvalue weighted by molar-refractivity contribution is 0.0595. The Bertz CT molecular complexity index is 806. The van der Waals surface area contributed by atoms with Crippen LogP contribution in [-0.2, 0) is 4.74 Å². The van der Waals surface area contributed by atoms with E-state index in [0.29, 0.717) is 23.0 Å². The molecule has 2 aliphatic rings. The number of nitrogens with one attached hydrogen (secondary N) is 2. The summed E-state index contributed by atoms with van der Waals surface area (Å²) in [5, 5.41) is 7.47. The van der Waals surface area contributed by atoms with Crippen LogP contribution < -0.4 is 16.4 Å². The van der Waals surface area contributed by atoms with E-state index in [1.54, 1.807) is 18.6 Å². The maximum absolute atomic E-state index is 6.43. The molecular weight excluding hydrogens is 388 g/mol. The predicted molar refractivity (Wildman–Crippen MR) is 116 cm³/mol. The molecule has 156 valence electrons. The summed E-state index contributed by atoms with van der Waals surface area (Å²) in [7, 11) is 0. The van der Waals surface area contributed by atoms with Crippen LogP contribution in [0.5, 0.6) is 0 Å². The lowest BCUT2D eigenvalue weighted by Crippen LogP contribution is -2.33. The second-order valence-corrected chi connectivity index (χ2v) is 8.47. The van der Waals surface area contributed by atoms with E-state index in [1.165, 1.54) is 6.42 Å². The van der Waals surface area contributed by atoms with Crippen molar-refractivity contribution in [3.05, 3.63) is 29.7 Å². The molecule has 1 aliphatic carbocycles.